The molecule has 3 rings (SSSR count). The molecule has 2 aliphatic rings. The summed E-state index contributed by atoms with van der Waals surface area (Å²) in [5, 5.41) is 24.6. The molecule has 2 N–H and O–H groups in total. The van der Waals surface area contributed by atoms with E-state index in [-0.39, 0.29) is 23.7 Å². The first-order chi connectivity index (χ1) is 12.0. The summed E-state index contributed by atoms with van der Waals surface area (Å²) in [5.74, 6) is -0.380. The van der Waals surface area contributed by atoms with E-state index >= 15 is 0 Å². The van der Waals surface area contributed by atoms with Crippen molar-refractivity contribution in [1.82, 2.24) is 5.32 Å². The van der Waals surface area contributed by atoms with Crippen molar-refractivity contribution in [1.29, 1.82) is 0 Å². The summed E-state index contributed by atoms with van der Waals surface area (Å²) < 4.78 is 0. The molecule has 1 aromatic carbocycles. The molecule has 25 heavy (non-hydrogen) atoms. The summed E-state index contributed by atoms with van der Waals surface area (Å²) in [7, 11) is 0. The third-order valence-corrected chi connectivity index (χ3v) is 5.24. The average molecular weight is 347 g/mol. The molecule has 0 bridgehead atoms. The molecule has 1 heterocycles. The number of rotatable bonds is 5. The second-order valence-electron chi connectivity index (χ2n) is 7.12. The van der Waals surface area contributed by atoms with Crippen molar-refractivity contribution in [3.8, 4) is 0 Å². The van der Waals surface area contributed by atoms with Gasteiger partial charge in [0.25, 0.3) is 11.6 Å². The van der Waals surface area contributed by atoms with Gasteiger partial charge in [0, 0.05) is 31.3 Å². The van der Waals surface area contributed by atoms with Gasteiger partial charge < -0.3 is 15.3 Å². The van der Waals surface area contributed by atoms with E-state index in [0.717, 1.165) is 45.2 Å². The Balaban J connectivity index is 1.71. The van der Waals surface area contributed by atoms with Crippen LogP contribution >= 0.6 is 0 Å². The first kappa shape index (κ1) is 17.7. The molecule has 1 amide bonds. The molecular weight excluding hydrogens is 322 g/mol. The van der Waals surface area contributed by atoms with Crippen LogP contribution in [0.1, 0.15) is 55.3 Å². The zero-order chi connectivity index (χ0) is 17.9. The second kappa shape index (κ2) is 7.39. The van der Waals surface area contributed by atoms with Crippen LogP contribution in [0.4, 0.5) is 11.4 Å². The fraction of sp³-hybridized carbons (Fsp3) is 0.611. The molecule has 0 radical (unpaired) electrons. The number of carbonyl (C=O) groups is 1. The molecule has 136 valence electrons. The minimum Gasteiger partial charge on any atom is -0.388 e. The molecular formula is C18H25N3O4. The lowest BCUT2D eigenvalue weighted by Gasteiger charge is -2.32. The molecule has 0 spiro atoms. The largest absolute Gasteiger partial charge is 0.388 e. The third kappa shape index (κ3) is 4.10. The minimum absolute atomic E-state index is 0.0362. The molecule has 1 aliphatic heterocycles. The van der Waals surface area contributed by atoms with Crippen molar-refractivity contribution in [2.75, 3.05) is 24.5 Å². The number of nitro benzene ring substituents is 1. The van der Waals surface area contributed by atoms with E-state index in [1.165, 1.54) is 6.07 Å². The average Bonchev–Trinajstić information content (AvgIpc) is 3.14. The van der Waals surface area contributed by atoms with E-state index in [4.69, 9.17) is 0 Å². The Morgan fingerprint density at radius 3 is 2.52 bits per heavy atom. The molecule has 1 aliphatic carbocycles. The first-order valence-electron chi connectivity index (χ1n) is 9.02. The van der Waals surface area contributed by atoms with Crippen LogP contribution in [0.15, 0.2) is 18.2 Å². The molecule has 7 nitrogen and oxygen atoms in total. The van der Waals surface area contributed by atoms with Gasteiger partial charge in [0.15, 0.2) is 0 Å². The molecule has 0 aromatic heterocycles. The van der Waals surface area contributed by atoms with Gasteiger partial charge in [-0.3, -0.25) is 14.9 Å². The normalized spacial score (nSPS) is 19.6. The van der Waals surface area contributed by atoms with Gasteiger partial charge in [-0.15, -0.1) is 0 Å². The number of benzene rings is 1. The number of nitrogens with one attached hydrogen (secondary N) is 1. The number of hydrogen-bond donors (Lipinski definition) is 2. The summed E-state index contributed by atoms with van der Waals surface area (Å²) >= 11 is 0. The van der Waals surface area contributed by atoms with Gasteiger partial charge in [-0.25, -0.2) is 0 Å². The van der Waals surface area contributed by atoms with Gasteiger partial charge in [0.2, 0.25) is 0 Å². The Morgan fingerprint density at radius 1 is 1.20 bits per heavy atom. The standard InChI is InChI=1S/C18H25N3O4/c22-17(19-13-18(23)8-2-1-3-9-18)14-6-7-15(16(12-14)21(24)25)20-10-4-5-11-20/h6-7,12,23H,1-5,8-11,13H2,(H,19,22). The van der Waals surface area contributed by atoms with Gasteiger partial charge in [-0.1, -0.05) is 19.3 Å². The van der Waals surface area contributed by atoms with Crippen LogP contribution in [0.25, 0.3) is 0 Å². The van der Waals surface area contributed by atoms with Crippen LogP contribution in [0, 0.1) is 10.1 Å². The fourth-order valence-corrected chi connectivity index (χ4v) is 3.77. The van der Waals surface area contributed by atoms with Gasteiger partial charge in [0.1, 0.15) is 5.69 Å². The van der Waals surface area contributed by atoms with E-state index in [1.54, 1.807) is 12.1 Å². The van der Waals surface area contributed by atoms with Crippen molar-refractivity contribution < 1.29 is 14.8 Å². The van der Waals surface area contributed by atoms with Crippen molar-refractivity contribution in [2.45, 2.75) is 50.5 Å². The highest BCUT2D eigenvalue weighted by Crippen LogP contribution is 2.32. The van der Waals surface area contributed by atoms with Gasteiger partial charge in [-0.05, 0) is 37.8 Å². The number of anilines is 1. The lowest BCUT2D eigenvalue weighted by molar-refractivity contribution is -0.384. The molecule has 1 aromatic rings. The molecule has 1 saturated carbocycles. The Hall–Kier alpha value is -2.15. The van der Waals surface area contributed by atoms with Crippen molar-refractivity contribution in [3.05, 3.63) is 33.9 Å². The molecule has 7 heteroatoms. The fourth-order valence-electron chi connectivity index (χ4n) is 3.77. The Labute approximate surface area is 147 Å². The predicted molar refractivity (Wildman–Crippen MR) is 94.9 cm³/mol. The highest BCUT2D eigenvalue weighted by Gasteiger charge is 2.30. The quantitative estimate of drug-likeness (QED) is 0.630. The van der Waals surface area contributed by atoms with E-state index < -0.39 is 10.5 Å². The highest BCUT2D eigenvalue weighted by molar-refractivity contribution is 5.95. The molecule has 2 fully saturated rings. The number of nitrogens with zero attached hydrogens (tertiary/aromatic N) is 2. The van der Waals surface area contributed by atoms with E-state index in [2.05, 4.69) is 5.32 Å². The molecule has 0 atom stereocenters. The van der Waals surface area contributed by atoms with Gasteiger partial charge in [0.05, 0.1) is 10.5 Å². The Kier molecular flexibility index (Phi) is 5.22. The van der Waals surface area contributed by atoms with Crippen molar-refractivity contribution >= 4 is 17.3 Å². The zero-order valence-corrected chi connectivity index (χ0v) is 14.4. The summed E-state index contributed by atoms with van der Waals surface area (Å²) in [6, 6.07) is 4.63. The molecule has 1 saturated heterocycles. The number of aliphatic hydroxyl groups is 1. The predicted octanol–water partition coefficient (Wildman–Crippen LogP) is 2.62. The lowest BCUT2D eigenvalue weighted by Crippen LogP contribution is -2.44. The van der Waals surface area contributed by atoms with Crippen molar-refractivity contribution in [3.63, 3.8) is 0 Å². The Morgan fingerprint density at radius 2 is 1.88 bits per heavy atom. The van der Waals surface area contributed by atoms with Crippen LogP contribution in [0.3, 0.4) is 0 Å². The van der Waals surface area contributed by atoms with Gasteiger partial charge in [-0.2, -0.15) is 0 Å². The van der Waals surface area contributed by atoms with Crippen LogP contribution < -0.4 is 10.2 Å². The van der Waals surface area contributed by atoms with Crippen LogP contribution in [-0.2, 0) is 0 Å². The smallest absolute Gasteiger partial charge is 0.293 e. The summed E-state index contributed by atoms with van der Waals surface area (Å²) in [6.45, 7) is 1.80. The maximum Gasteiger partial charge on any atom is 0.293 e. The monoisotopic (exact) mass is 347 g/mol. The Bertz CT molecular complexity index is 650. The SMILES string of the molecule is O=C(NCC1(O)CCCCC1)c1ccc(N2CCCC2)c([N+](=O)[O-])c1. The van der Waals surface area contributed by atoms with Crippen LogP contribution in [0.5, 0.6) is 0 Å². The van der Waals surface area contributed by atoms with Crippen LogP contribution in [-0.4, -0.2) is 41.2 Å². The van der Waals surface area contributed by atoms with E-state index in [0.29, 0.717) is 18.5 Å². The van der Waals surface area contributed by atoms with Gasteiger partial charge >= 0.3 is 0 Å². The van der Waals surface area contributed by atoms with Crippen LogP contribution in [0.2, 0.25) is 0 Å². The maximum absolute atomic E-state index is 12.4. The second-order valence-corrected chi connectivity index (χ2v) is 7.12. The summed E-state index contributed by atoms with van der Waals surface area (Å²) in [4.78, 5) is 25.4. The zero-order valence-electron chi connectivity index (χ0n) is 14.4. The first-order valence-corrected chi connectivity index (χ1v) is 9.02. The van der Waals surface area contributed by atoms with E-state index in [1.807, 2.05) is 4.90 Å². The lowest BCUT2D eigenvalue weighted by atomic mass is 9.85. The summed E-state index contributed by atoms with van der Waals surface area (Å²) in [6.07, 6.45) is 6.45. The molecule has 0 unspecified atom stereocenters. The number of carbonyl (C=O) groups excluding carboxylic acids is 1. The third-order valence-electron chi connectivity index (χ3n) is 5.24. The van der Waals surface area contributed by atoms with E-state index in [9.17, 15) is 20.0 Å². The number of amides is 1. The maximum atomic E-state index is 12.4. The highest BCUT2D eigenvalue weighted by atomic mass is 16.6. The number of hydrogen-bond acceptors (Lipinski definition) is 5. The minimum atomic E-state index is -0.852. The van der Waals surface area contributed by atoms with Crippen molar-refractivity contribution in [2.24, 2.45) is 0 Å². The number of nitro groups is 1. The topological polar surface area (TPSA) is 95.7 Å². The summed E-state index contributed by atoms with van der Waals surface area (Å²) in [5.41, 5.74) is -0.0556.